The van der Waals surface area contributed by atoms with Crippen LogP contribution >= 0.6 is 11.6 Å². The van der Waals surface area contributed by atoms with Crippen molar-refractivity contribution in [2.24, 2.45) is 5.10 Å². The zero-order valence-corrected chi connectivity index (χ0v) is 12.6. The van der Waals surface area contributed by atoms with Crippen molar-refractivity contribution in [1.82, 2.24) is 0 Å². The molecule has 3 nitrogen and oxygen atoms in total. The number of likely N-dealkylation sites (tertiary alicyclic amines) is 1. The maximum absolute atomic E-state index is 6.10. The highest BCUT2D eigenvalue weighted by Crippen LogP contribution is 2.19. The summed E-state index contributed by atoms with van der Waals surface area (Å²) in [6.07, 6.45) is 3.46. The first-order chi connectivity index (χ1) is 9.19. The first-order valence-electron chi connectivity index (χ1n) is 7.10. The van der Waals surface area contributed by atoms with Crippen molar-refractivity contribution >= 4 is 23.0 Å². The van der Waals surface area contributed by atoms with Crippen molar-refractivity contribution in [3.63, 3.8) is 0 Å². The fraction of sp³-hybridized carbons (Fsp3) is 0.533. The van der Waals surface area contributed by atoms with Crippen LogP contribution in [0.1, 0.15) is 31.7 Å². The Labute approximate surface area is 120 Å². The molecular weight excluding hydrogens is 258 g/mol. The van der Waals surface area contributed by atoms with Gasteiger partial charge in [0.25, 0.3) is 0 Å². The van der Waals surface area contributed by atoms with E-state index in [4.69, 9.17) is 11.6 Å². The molecule has 2 rings (SSSR count). The SMILES string of the molecule is CCC[NH+]1CCC(=NNc2ccc(C)c(Cl)c2)CC1. The van der Waals surface area contributed by atoms with Gasteiger partial charge in [-0.1, -0.05) is 24.6 Å². The van der Waals surface area contributed by atoms with Crippen molar-refractivity contribution < 1.29 is 4.90 Å². The molecule has 0 aromatic heterocycles. The summed E-state index contributed by atoms with van der Waals surface area (Å²) >= 11 is 6.10. The van der Waals surface area contributed by atoms with Gasteiger partial charge >= 0.3 is 0 Å². The van der Waals surface area contributed by atoms with Gasteiger partial charge in [-0.3, -0.25) is 5.43 Å². The van der Waals surface area contributed by atoms with Gasteiger partial charge < -0.3 is 4.90 Å². The highest BCUT2D eigenvalue weighted by Gasteiger charge is 2.17. The molecule has 104 valence electrons. The zero-order valence-electron chi connectivity index (χ0n) is 11.8. The van der Waals surface area contributed by atoms with Gasteiger partial charge in [0.2, 0.25) is 0 Å². The Bertz CT molecular complexity index is 447. The standard InChI is InChI=1S/C15H22ClN3/c1-3-8-19-9-6-13(7-10-19)17-18-14-5-4-12(2)15(16)11-14/h4-5,11,18H,3,6-10H2,1-2H3/p+1. The smallest absolute Gasteiger partial charge is 0.0824 e. The van der Waals surface area contributed by atoms with Gasteiger partial charge in [0, 0.05) is 23.6 Å². The Morgan fingerprint density at radius 2 is 2.05 bits per heavy atom. The highest BCUT2D eigenvalue weighted by molar-refractivity contribution is 6.31. The molecular formula is C15H23ClN3+. The molecule has 1 aromatic rings. The van der Waals surface area contributed by atoms with Gasteiger partial charge in [0.15, 0.2) is 0 Å². The van der Waals surface area contributed by atoms with E-state index in [1.165, 1.54) is 31.8 Å². The number of rotatable bonds is 4. The van der Waals surface area contributed by atoms with E-state index in [1.807, 2.05) is 25.1 Å². The zero-order chi connectivity index (χ0) is 13.7. The van der Waals surface area contributed by atoms with Crippen LogP contribution in [0.3, 0.4) is 0 Å². The van der Waals surface area contributed by atoms with Crippen LogP contribution in [0, 0.1) is 6.92 Å². The van der Waals surface area contributed by atoms with Crippen molar-refractivity contribution in [3.05, 3.63) is 28.8 Å². The summed E-state index contributed by atoms with van der Waals surface area (Å²) in [6.45, 7) is 7.96. The number of quaternary nitrogens is 1. The van der Waals surface area contributed by atoms with E-state index in [-0.39, 0.29) is 0 Å². The van der Waals surface area contributed by atoms with Gasteiger partial charge in [0.05, 0.1) is 25.3 Å². The Kier molecular flexibility index (Phi) is 5.23. The van der Waals surface area contributed by atoms with Crippen LogP contribution in [0.5, 0.6) is 0 Å². The lowest BCUT2D eigenvalue weighted by Gasteiger charge is -2.24. The maximum Gasteiger partial charge on any atom is 0.0824 e. The first kappa shape index (κ1) is 14.4. The summed E-state index contributed by atoms with van der Waals surface area (Å²) in [4.78, 5) is 1.71. The summed E-state index contributed by atoms with van der Waals surface area (Å²) in [7, 11) is 0. The molecule has 0 amide bonds. The summed E-state index contributed by atoms with van der Waals surface area (Å²) in [5, 5.41) is 5.30. The monoisotopic (exact) mass is 280 g/mol. The average Bonchev–Trinajstić information content (AvgIpc) is 2.42. The lowest BCUT2D eigenvalue weighted by Crippen LogP contribution is -3.13. The van der Waals surface area contributed by atoms with Crippen LogP contribution in [-0.4, -0.2) is 25.3 Å². The molecule has 0 unspecified atom stereocenters. The molecule has 0 bridgehead atoms. The molecule has 1 fully saturated rings. The Morgan fingerprint density at radius 1 is 1.32 bits per heavy atom. The molecule has 1 aliphatic heterocycles. The number of halogens is 1. The molecule has 0 saturated carbocycles. The van der Waals surface area contributed by atoms with Crippen LogP contribution in [0.2, 0.25) is 5.02 Å². The number of aryl methyl sites for hydroxylation is 1. The van der Waals surface area contributed by atoms with E-state index >= 15 is 0 Å². The minimum atomic E-state index is 0.785. The third kappa shape index (κ3) is 4.22. The van der Waals surface area contributed by atoms with E-state index in [0.29, 0.717) is 0 Å². The van der Waals surface area contributed by atoms with E-state index in [0.717, 1.165) is 29.1 Å². The third-order valence-corrected chi connectivity index (χ3v) is 4.06. The normalized spacial score (nSPS) is 19.3. The minimum absolute atomic E-state index is 0.785. The fourth-order valence-corrected chi connectivity index (χ4v) is 2.59. The predicted molar refractivity (Wildman–Crippen MR) is 82.3 cm³/mol. The number of nitrogens with zero attached hydrogens (tertiary/aromatic N) is 1. The summed E-state index contributed by atoms with van der Waals surface area (Å²) < 4.78 is 0. The lowest BCUT2D eigenvalue weighted by atomic mass is 10.1. The molecule has 2 N–H and O–H groups in total. The number of hydrogen-bond acceptors (Lipinski definition) is 2. The van der Waals surface area contributed by atoms with Crippen molar-refractivity contribution in [1.29, 1.82) is 0 Å². The van der Waals surface area contributed by atoms with Gasteiger partial charge in [-0.25, -0.2) is 0 Å². The van der Waals surface area contributed by atoms with Crippen LogP contribution in [0.4, 0.5) is 5.69 Å². The molecule has 0 spiro atoms. The molecule has 1 saturated heterocycles. The Balaban J connectivity index is 1.87. The van der Waals surface area contributed by atoms with Gasteiger partial charge in [-0.15, -0.1) is 0 Å². The molecule has 1 aliphatic rings. The largest absolute Gasteiger partial charge is 0.334 e. The second-order valence-electron chi connectivity index (χ2n) is 5.25. The molecule has 0 aliphatic carbocycles. The quantitative estimate of drug-likeness (QED) is 0.816. The van der Waals surface area contributed by atoms with Crippen LogP contribution in [-0.2, 0) is 0 Å². The average molecular weight is 281 g/mol. The number of hydrogen-bond donors (Lipinski definition) is 2. The van der Waals surface area contributed by atoms with Crippen LogP contribution in [0.15, 0.2) is 23.3 Å². The number of benzene rings is 1. The molecule has 19 heavy (non-hydrogen) atoms. The molecule has 0 atom stereocenters. The molecule has 4 heteroatoms. The van der Waals surface area contributed by atoms with Crippen molar-refractivity contribution in [2.75, 3.05) is 25.1 Å². The van der Waals surface area contributed by atoms with Gasteiger partial charge in [0.1, 0.15) is 0 Å². The van der Waals surface area contributed by atoms with Gasteiger partial charge in [-0.05, 0) is 31.0 Å². The summed E-state index contributed by atoms with van der Waals surface area (Å²) in [5.74, 6) is 0. The fourth-order valence-electron chi connectivity index (χ4n) is 2.41. The van der Waals surface area contributed by atoms with E-state index in [1.54, 1.807) is 4.90 Å². The highest BCUT2D eigenvalue weighted by atomic mass is 35.5. The predicted octanol–water partition coefficient (Wildman–Crippen LogP) is 2.51. The van der Waals surface area contributed by atoms with Crippen LogP contribution < -0.4 is 10.3 Å². The van der Waals surface area contributed by atoms with Gasteiger partial charge in [-0.2, -0.15) is 5.10 Å². The number of nitrogens with one attached hydrogen (secondary N) is 2. The Morgan fingerprint density at radius 3 is 2.68 bits per heavy atom. The molecule has 1 aromatic carbocycles. The van der Waals surface area contributed by atoms with E-state index < -0.39 is 0 Å². The summed E-state index contributed by atoms with van der Waals surface area (Å²) in [6, 6.07) is 5.96. The maximum atomic E-state index is 6.10. The van der Waals surface area contributed by atoms with E-state index in [2.05, 4.69) is 17.5 Å². The van der Waals surface area contributed by atoms with Crippen LogP contribution in [0.25, 0.3) is 0 Å². The van der Waals surface area contributed by atoms with E-state index in [9.17, 15) is 0 Å². The number of anilines is 1. The summed E-state index contributed by atoms with van der Waals surface area (Å²) in [5.41, 5.74) is 6.46. The lowest BCUT2D eigenvalue weighted by molar-refractivity contribution is -0.901. The second-order valence-corrected chi connectivity index (χ2v) is 5.66. The number of piperidine rings is 1. The Hall–Kier alpha value is -1.06. The van der Waals surface area contributed by atoms with Crippen molar-refractivity contribution in [2.45, 2.75) is 33.1 Å². The topological polar surface area (TPSA) is 28.8 Å². The third-order valence-electron chi connectivity index (χ3n) is 3.65. The molecule has 0 radical (unpaired) electrons. The second kappa shape index (κ2) is 6.92. The minimum Gasteiger partial charge on any atom is -0.334 e. The molecule has 1 heterocycles. The number of hydrazone groups is 1. The first-order valence-corrected chi connectivity index (χ1v) is 7.48. The van der Waals surface area contributed by atoms with Crippen molar-refractivity contribution in [3.8, 4) is 0 Å².